The zero-order valence-corrected chi connectivity index (χ0v) is 13.6. The van der Waals surface area contributed by atoms with Crippen molar-refractivity contribution in [3.63, 3.8) is 0 Å². The number of hydrogen-bond donors (Lipinski definition) is 1. The van der Waals surface area contributed by atoms with Crippen molar-refractivity contribution in [3.8, 4) is 0 Å². The van der Waals surface area contributed by atoms with Crippen molar-refractivity contribution in [2.45, 2.75) is 32.1 Å². The van der Waals surface area contributed by atoms with E-state index in [4.69, 9.17) is 4.74 Å². The number of nitrogens with zero attached hydrogens (tertiary/aromatic N) is 1. The molecule has 0 saturated heterocycles. The molecule has 1 N–H and O–H groups in total. The molecule has 2 heterocycles. The molecule has 4 heteroatoms. The lowest BCUT2D eigenvalue weighted by Gasteiger charge is -2.23. The molecule has 0 fully saturated rings. The van der Waals surface area contributed by atoms with Gasteiger partial charge in [0.1, 0.15) is 0 Å². The highest BCUT2D eigenvalue weighted by Crippen LogP contribution is 2.18. The Morgan fingerprint density at radius 3 is 2.86 bits per heavy atom. The molecule has 0 saturated carbocycles. The highest BCUT2D eigenvalue weighted by atomic mass is 32.1. The Labute approximate surface area is 136 Å². The van der Waals surface area contributed by atoms with Crippen LogP contribution in [0, 0.1) is 0 Å². The van der Waals surface area contributed by atoms with Crippen LogP contribution in [0.2, 0.25) is 0 Å². The Balaban J connectivity index is 1.46. The summed E-state index contributed by atoms with van der Waals surface area (Å²) in [5.74, 6) is 0. The molecule has 0 aliphatic carbocycles. The van der Waals surface area contributed by atoms with Gasteiger partial charge in [0, 0.05) is 18.0 Å². The number of rotatable bonds is 6. The highest BCUT2D eigenvalue weighted by Gasteiger charge is 2.17. The van der Waals surface area contributed by atoms with Gasteiger partial charge in [0.05, 0.1) is 19.3 Å². The first-order valence-corrected chi connectivity index (χ1v) is 8.76. The van der Waals surface area contributed by atoms with E-state index in [2.05, 4.69) is 35.2 Å². The molecule has 1 unspecified atom stereocenters. The second kappa shape index (κ2) is 7.88. The standard InChI is InChI=1S/C18H23NO2S/c20-17(13-21-14-18-8-4-10-22-18)12-19-9-3-7-15-5-1-2-6-16(15)11-19/h1-2,4-6,8,10,17,20H,3,7,9,11-14H2. The van der Waals surface area contributed by atoms with Crippen LogP contribution in [0.15, 0.2) is 41.8 Å². The van der Waals surface area contributed by atoms with E-state index in [-0.39, 0.29) is 0 Å². The summed E-state index contributed by atoms with van der Waals surface area (Å²) in [4.78, 5) is 3.54. The van der Waals surface area contributed by atoms with Crippen LogP contribution < -0.4 is 0 Å². The average molecular weight is 317 g/mol. The van der Waals surface area contributed by atoms with Crippen LogP contribution in [0.1, 0.15) is 22.4 Å². The first kappa shape index (κ1) is 15.7. The summed E-state index contributed by atoms with van der Waals surface area (Å²) in [6.45, 7) is 3.64. The van der Waals surface area contributed by atoms with Gasteiger partial charge in [0.25, 0.3) is 0 Å². The maximum atomic E-state index is 10.2. The first-order valence-electron chi connectivity index (χ1n) is 7.88. The number of aliphatic hydroxyl groups excluding tert-OH is 1. The summed E-state index contributed by atoms with van der Waals surface area (Å²) in [5.41, 5.74) is 2.85. The summed E-state index contributed by atoms with van der Waals surface area (Å²) >= 11 is 1.69. The predicted octanol–water partition coefficient (Wildman–Crippen LogP) is 3.07. The SMILES string of the molecule is OC(COCc1cccs1)CN1CCCc2ccccc2C1. The van der Waals surface area contributed by atoms with Crippen LogP contribution >= 0.6 is 11.3 Å². The topological polar surface area (TPSA) is 32.7 Å². The fourth-order valence-electron chi connectivity index (χ4n) is 2.97. The Morgan fingerprint density at radius 1 is 1.18 bits per heavy atom. The lowest BCUT2D eigenvalue weighted by Crippen LogP contribution is -2.34. The van der Waals surface area contributed by atoms with Gasteiger partial charge in [-0.05, 0) is 42.0 Å². The minimum Gasteiger partial charge on any atom is -0.389 e. The van der Waals surface area contributed by atoms with Gasteiger partial charge in [-0.25, -0.2) is 0 Å². The van der Waals surface area contributed by atoms with Crippen LogP contribution in [0.4, 0.5) is 0 Å². The smallest absolute Gasteiger partial charge is 0.0900 e. The predicted molar refractivity (Wildman–Crippen MR) is 90.0 cm³/mol. The van der Waals surface area contributed by atoms with Crippen molar-refractivity contribution in [1.29, 1.82) is 0 Å². The molecular weight excluding hydrogens is 294 g/mol. The number of β-amino-alcohol motifs (C(OH)–C–C–N with tert-alkyl or cyclic N) is 1. The van der Waals surface area contributed by atoms with Crippen molar-refractivity contribution < 1.29 is 9.84 Å². The Hall–Kier alpha value is -1.20. The summed E-state index contributed by atoms with van der Waals surface area (Å²) in [7, 11) is 0. The second-order valence-corrected chi connectivity index (χ2v) is 6.89. The summed E-state index contributed by atoms with van der Waals surface area (Å²) in [6, 6.07) is 12.7. The van der Waals surface area contributed by atoms with Gasteiger partial charge < -0.3 is 9.84 Å². The van der Waals surface area contributed by atoms with E-state index < -0.39 is 6.10 Å². The third-order valence-corrected chi connectivity index (χ3v) is 4.89. The van der Waals surface area contributed by atoms with Gasteiger partial charge in [-0.15, -0.1) is 11.3 Å². The first-order chi connectivity index (χ1) is 10.8. The zero-order valence-electron chi connectivity index (χ0n) is 12.8. The average Bonchev–Trinajstić information content (AvgIpc) is 2.94. The molecule has 2 aromatic rings. The number of fused-ring (bicyclic) bond motifs is 1. The van der Waals surface area contributed by atoms with E-state index in [9.17, 15) is 5.11 Å². The molecule has 0 spiro atoms. The minimum atomic E-state index is -0.426. The zero-order chi connectivity index (χ0) is 15.2. The van der Waals surface area contributed by atoms with E-state index >= 15 is 0 Å². The Morgan fingerprint density at radius 2 is 2.05 bits per heavy atom. The maximum absolute atomic E-state index is 10.2. The van der Waals surface area contributed by atoms with Gasteiger partial charge in [-0.2, -0.15) is 0 Å². The lowest BCUT2D eigenvalue weighted by molar-refractivity contribution is 0.00958. The molecule has 1 aliphatic rings. The third kappa shape index (κ3) is 4.40. The van der Waals surface area contributed by atoms with E-state index in [0.717, 1.165) is 25.9 Å². The lowest BCUT2D eigenvalue weighted by atomic mass is 10.0. The number of benzene rings is 1. The van der Waals surface area contributed by atoms with Crippen molar-refractivity contribution in [3.05, 3.63) is 57.8 Å². The van der Waals surface area contributed by atoms with Crippen molar-refractivity contribution in [2.24, 2.45) is 0 Å². The molecule has 0 radical (unpaired) electrons. The molecule has 0 bridgehead atoms. The third-order valence-electron chi connectivity index (χ3n) is 4.04. The molecule has 1 atom stereocenters. The second-order valence-electron chi connectivity index (χ2n) is 5.86. The van der Waals surface area contributed by atoms with Crippen molar-refractivity contribution >= 4 is 11.3 Å². The molecule has 1 aromatic carbocycles. The number of hydrogen-bond acceptors (Lipinski definition) is 4. The van der Waals surface area contributed by atoms with Gasteiger partial charge in [-0.1, -0.05) is 30.3 Å². The minimum absolute atomic E-state index is 0.399. The number of ether oxygens (including phenoxy) is 1. The highest BCUT2D eigenvalue weighted by molar-refractivity contribution is 7.09. The Kier molecular flexibility index (Phi) is 5.62. The largest absolute Gasteiger partial charge is 0.389 e. The Bertz CT molecular complexity index is 570. The van der Waals surface area contributed by atoms with E-state index in [1.807, 2.05) is 11.4 Å². The molecule has 118 valence electrons. The van der Waals surface area contributed by atoms with Crippen LogP contribution in [-0.4, -0.2) is 35.8 Å². The molecule has 3 nitrogen and oxygen atoms in total. The van der Waals surface area contributed by atoms with Crippen LogP contribution in [0.25, 0.3) is 0 Å². The molecule has 22 heavy (non-hydrogen) atoms. The van der Waals surface area contributed by atoms with E-state index in [0.29, 0.717) is 19.8 Å². The number of thiophene rings is 1. The molecular formula is C18H23NO2S. The van der Waals surface area contributed by atoms with E-state index in [1.54, 1.807) is 11.3 Å². The quantitative estimate of drug-likeness (QED) is 0.889. The fourth-order valence-corrected chi connectivity index (χ4v) is 3.61. The summed E-state index contributed by atoms with van der Waals surface area (Å²) in [6.07, 6.45) is 1.86. The molecule has 0 amide bonds. The van der Waals surface area contributed by atoms with Crippen LogP contribution in [0.5, 0.6) is 0 Å². The number of aliphatic hydroxyl groups is 1. The summed E-state index contributed by atoms with van der Waals surface area (Å²) < 4.78 is 5.62. The molecule has 1 aromatic heterocycles. The monoisotopic (exact) mass is 317 g/mol. The van der Waals surface area contributed by atoms with Crippen LogP contribution in [0.3, 0.4) is 0 Å². The van der Waals surface area contributed by atoms with Crippen molar-refractivity contribution in [1.82, 2.24) is 4.90 Å². The molecule has 3 rings (SSSR count). The van der Waals surface area contributed by atoms with Gasteiger partial charge in [0.15, 0.2) is 0 Å². The van der Waals surface area contributed by atoms with Gasteiger partial charge in [-0.3, -0.25) is 4.90 Å². The van der Waals surface area contributed by atoms with Crippen LogP contribution in [-0.2, 0) is 24.3 Å². The normalized spacial score (nSPS) is 17.0. The van der Waals surface area contributed by atoms with E-state index in [1.165, 1.54) is 16.0 Å². The maximum Gasteiger partial charge on any atom is 0.0900 e. The molecule has 1 aliphatic heterocycles. The van der Waals surface area contributed by atoms with Crippen molar-refractivity contribution in [2.75, 3.05) is 19.7 Å². The number of aryl methyl sites for hydroxylation is 1. The summed E-state index contributed by atoms with van der Waals surface area (Å²) in [5, 5.41) is 12.3. The van der Waals surface area contributed by atoms with Gasteiger partial charge >= 0.3 is 0 Å². The fraction of sp³-hybridized carbons (Fsp3) is 0.444. The van der Waals surface area contributed by atoms with Gasteiger partial charge in [0.2, 0.25) is 0 Å².